The van der Waals surface area contributed by atoms with Gasteiger partial charge in [-0.1, -0.05) is 45.2 Å². The molecule has 0 bridgehead atoms. The molecule has 0 saturated heterocycles. The van der Waals surface area contributed by atoms with E-state index in [0.717, 1.165) is 22.1 Å². The molecular formula is C15H11BrCl2N2. The summed E-state index contributed by atoms with van der Waals surface area (Å²) >= 11 is 15.4. The predicted molar refractivity (Wildman–Crippen MR) is 87.5 cm³/mol. The van der Waals surface area contributed by atoms with E-state index in [2.05, 4.69) is 27.3 Å². The van der Waals surface area contributed by atoms with E-state index in [0.29, 0.717) is 22.2 Å². The van der Waals surface area contributed by atoms with Gasteiger partial charge in [-0.2, -0.15) is 5.26 Å². The summed E-state index contributed by atoms with van der Waals surface area (Å²) in [6, 6.07) is 13.2. The highest BCUT2D eigenvalue weighted by Crippen LogP contribution is 2.23. The molecule has 5 heteroatoms. The van der Waals surface area contributed by atoms with Crippen LogP contribution in [0.3, 0.4) is 0 Å². The van der Waals surface area contributed by atoms with E-state index >= 15 is 0 Å². The van der Waals surface area contributed by atoms with Gasteiger partial charge in [0.2, 0.25) is 0 Å². The summed E-state index contributed by atoms with van der Waals surface area (Å²) < 4.78 is 0.934. The van der Waals surface area contributed by atoms with Crippen molar-refractivity contribution in [2.24, 2.45) is 0 Å². The zero-order valence-corrected chi connectivity index (χ0v) is 13.6. The molecule has 0 saturated carbocycles. The molecule has 0 heterocycles. The lowest BCUT2D eigenvalue weighted by Crippen LogP contribution is -2.06. The van der Waals surface area contributed by atoms with Gasteiger partial charge in [0.25, 0.3) is 0 Å². The average Bonchev–Trinajstić information content (AvgIpc) is 2.41. The maximum absolute atomic E-state index is 9.06. The summed E-state index contributed by atoms with van der Waals surface area (Å²) in [5, 5.41) is 13.6. The quantitative estimate of drug-likeness (QED) is 0.795. The Morgan fingerprint density at radius 1 is 1.15 bits per heavy atom. The van der Waals surface area contributed by atoms with Crippen LogP contribution in [0.25, 0.3) is 0 Å². The first-order valence-electron chi connectivity index (χ1n) is 5.97. The highest BCUT2D eigenvalue weighted by molar-refractivity contribution is 9.10. The van der Waals surface area contributed by atoms with Crippen LogP contribution in [-0.2, 0) is 6.42 Å². The molecule has 0 amide bonds. The molecule has 0 aliphatic carbocycles. The summed E-state index contributed by atoms with van der Waals surface area (Å²) in [6.07, 6.45) is 0.757. The average molecular weight is 370 g/mol. The normalized spacial score (nSPS) is 10.1. The smallest absolute Gasteiger partial charge is 0.101 e. The number of nitrogens with one attached hydrogen (secondary N) is 1. The summed E-state index contributed by atoms with van der Waals surface area (Å²) in [4.78, 5) is 0. The van der Waals surface area contributed by atoms with Crippen LogP contribution >= 0.6 is 39.1 Å². The summed E-state index contributed by atoms with van der Waals surface area (Å²) in [5.41, 5.74) is 2.46. The Hall–Kier alpha value is -1.21. The Morgan fingerprint density at radius 3 is 2.65 bits per heavy atom. The molecule has 2 nitrogen and oxygen atoms in total. The van der Waals surface area contributed by atoms with E-state index in [4.69, 9.17) is 28.5 Å². The molecule has 2 aromatic carbocycles. The number of anilines is 1. The molecule has 2 rings (SSSR count). The van der Waals surface area contributed by atoms with Crippen molar-refractivity contribution in [3.63, 3.8) is 0 Å². The lowest BCUT2D eigenvalue weighted by Gasteiger charge is -2.10. The molecule has 0 radical (unpaired) electrons. The van der Waals surface area contributed by atoms with Crippen LogP contribution in [0.1, 0.15) is 11.1 Å². The maximum Gasteiger partial charge on any atom is 0.101 e. The standard InChI is InChI=1S/C15H11BrCl2N2/c16-12-3-1-11(9-19)15(7-12)20-6-5-10-2-4-13(17)8-14(10)18/h1-4,7-8,20H,5-6H2. The van der Waals surface area contributed by atoms with E-state index in [1.807, 2.05) is 24.3 Å². The van der Waals surface area contributed by atoms with Gasteiger partial charge in [-0.25, -0.2) is 0 Å². The van der Waals surface area contributed by atoms with Gasteiger partial charge >= 0.3 is 0 Å². The molecular weight excluding hydrogens is 359 g/mol. The summed E-state index contributed by atoms with van der Waals surface area (Å²) in [5.74, 6) is 0. The van der Waals surface area contributed by atoms with Crippen molar-refractivity contribution in [2.45, 2.75) is 6.42 Å². The number of hydrogen-bond donors (Lipinski definition) is 1. The lowest BCUT2D eigenvalue weighted by atomic mass is 10.1. The minimum absolute atomic E-state index is 0.621. The van der Waals surface area contributed by atoms with E-state index in [-0.39, 0.29) is 0 Å². The number of hydrogen-bond acceptors (Lipinski definition) is 2. The number of halogens is 3. The molecule has 20 heavy (non-hydrogen) atoms. The van der Waals surface area contributed by atoms with E-state index in [1.54, 1.807) is 12.1 Å². The van der Waals surface area contributed by atoms with Crippen molar-refractivity contribution in [1.29, 1.82) is 5.26 Å². The molecule has 0 aliphatic heterocycles. The van der Waals surface area contributed by atoms with Gasteiger partial charge in [0.05, 0.1) is 11.3 Å². The Kier molecular flexibility index (Phi) is 5.31. The number of nitriles is 1. The monoisotopic (exact) mass is 368 g/mol. The fourth-order valence-electron chi connectivity index (χ4n) is 1.82. The van der Waals surface area contributed by atoms with Gasteiger partial charge in [-0.05, 0) is 42.3 Å². The van der Waals surface area contributed by atoms with Crippen LogP contribution in [0, 0.1) is 11.3 Å². The van der Waals surface area contributed by atoms with Crippen LogP contribution in [-0.4, -0.2) is 6.54 Å². The highest BCUT2D eigenvalue weighted by Gasteiger charge is 2.04. The van der Waals surface area contributed by atoms with Crippen LogP contribution < -0.4 is 5.32 Å². The van der Waals surface area contributed by atoms with Crippen LogP contribution in [0.4, 0.5) is 5.69 Å². The van der Waals surface area contributed by atoms with Crippen molar-refractivity contribution in [2.75, 3.05) is 11.9 Å². The number of nitrogens with zero attached hydrogens (tertiary/aromatic N) is 1. The second kappa shape index (κ2) is 6.99. The third-order valence-corrected chi connectivity index (χ3v) is 3.91. The molecule has 0 fully saturated rings. The first-order chi connectivity index (χ1) is 9.60. The molecule has 0 atom stereocenters. The topological polar surface area (TPSA) is 35.8 Å². The Balaban J connectivity index is 2.03. The minimum Gasteiger partial charge on any atom is -0.384 e. The first kappa shape index (κ1) is 15.2. The molecule has 0 spiro atoms. The summed E-state index contributed by atoms with van der Waals surface area (Å²) in [7, 11) is 0. The van der Waals surface area contributed by atoms with Gasteiger partial charge in [-0.3, -0.25) is 0 Å². The van der Waals surface area contributed by atoms with E-state index in [9.17, 15) is 0 Å². The van der Waals surface area contributed by atoms with Crippen molar-refractivity contribution in [3.8, 4) is 6.07 Å². The minimum atomic E-state index is 0.621. The van der Waals surface area contributed by atoms with E-state index in [1.165, 1.54) is 0 Å². The molecule has 0 aliphatic rings. The second-order valence-corrected chi connectivity index (χ2v) is 5.97. The predicted octanol–water partition coefficient (Wildman–Crippen LogP) is 5.28. The largest absolute Gasteiger partial charge is 0.384 e. The highest BCUT2D eigenvalue weighted by atomic mass is 79.9. The van der Waals surface area contributed by atoms with Crippen LogP contribution in [0.5, 0.6) is 0 Å². The fourth-order valence-corrected chi connectivity index (χ4v) is 2.68. The van der Waals surface area contributed by atoms with Crippen molar-refractivity contribution in [1.82, 2.24) is 0 Å². The van der Waals surface area contributed by atoms with E-state index < -0.39 is 0 Å². The second-order valence-electron chi connectivity index (χ2n) is 4.21. The van der Waals surface area contributed by atoms with Gasteiger partial charge in [-0.15, -0.1) is 0 Å². The molecule has 102 valence electrons. The van der Waals surface area contributed by atoms with Gasteiger partial charge < -0.3 is 5.32 Å². The lowest BCUT2D eigenvalue weighted by molar-refractivity contribution is 1.02. The molecule has 0 aromatic heterocycles. The van der Waals surface area contributed by atoms with Gasteiger partial charge in [0.1, 0.15) is 6.07 Å². The Morgan fingerprint density at radius 2 is 1.95 bits per heavy atom. The van der Waals surface area contributed by atoms with Gasteiger partial charge in [0, 0.05) is 21.1 Å². The molecule has 0 unspecified atom stereocenters. The maximum atomic E-state index is 9.06. The fraction of sp³-hybridized carbons (Fsp3) is 0.133. The van der Waals surface area contributed by atoms with Crippen LogP contribution in [0.15, 0.2) is 40.9 Å². The van der Waals surface area contributed by atoms with Gasteiger partial charge in [0.15, 0.2) is 0 Å². The SMILES string of the molecule is N#Cc1ccc(Br)cc1NCCc1ccc(Cl)cc1Cl. The van der Waals surface area contributed by atoms with Crippen molar-refractivity contribution < 1.29 is 0 Å². The zero-order valence-electron chi connectivity index (χ0n) is 10.5. The number of benzene rings is 2. The third kappa shape index (κ3) is 3.89. The molecule has 1 N–H and O–H groups in total. The first-order valence-corrected chi connectivity index (χ1v) is 7.52. The van der Waals surface area contributed by atoms with Crippen LogP contribution in [0.2, 0.25) is 10.0 Å². The Bertz CT molecular complexity index is 665. The molecule has 2 aromatic rings. The van der Waals surface area contributed by atoms with Crippen molar-refractivity contribution in [3.05, 3.63) is 62.0 Å². The Labute approximate surface area is 136 Å². The third-order valence-electron chi connectivity index (χ3n) is 2.83. The summed E-state index contributed by atoms with van der Waals surface area (Å²) in [6.45, 7) is 0.687. The van der Waals surface area contributed by atoms with Crippen molar-refractivity contribution >= 4 is 44.8 Å². The number of rotatable bonds is 4. The zero-order chi connectivity index (χ0) is 14.5.